The molecule has 0 aromatic carbocycles. The highest BCUT2D eigenvalue weighted by Crippen LogP contribution is 2.37. The van der Waals surface area contributed by atoms with Crippen molar-refractivity contribution in [1.82, 2.24) is 15.3 Å². The average molecular weight is 277 g/mol. The minimum Gasteiger partial charge on any atom is -0.394 e. The standard InChI is InChI=1S/C15H23N3O2/c1-15(2,3)8-11(9-19)17-14(20)12-6-7-16-13(18-12)10-4-5-10/h6-7,10-11,19H,4-5,8-9H2,1-3H3,(H,17,20). The van der Waals surface area contributed by atoms with Gasteiger partial charge in [-0.2, -0.15) is 0 Å². The van der Waals surface area contributed by atoms with Crippen molar-refractivity contribution in [3.8, 4) is 0 Å². The van der Waals surface area contributed by atoms with Crippen LogP contribution in [0.5, 0.6) is 0 Å². The maximum absolute atomic E-state index is 12.2. The fourth-order valence-electron chi connectivity index (χ4n) is 2.20. The number of nitrogens with zero attached hydrogens (tertiary/aromatic N) is 2. The zero-order chi connectivity index (χ0) is 14.8. The van der Waals surface area contributed by atoms with E-state index in [0.717, 1.165) is 25.1 Å². The van der Waals surface area contributed by atoms with Crippen LogP contribution < -0.4 is 5.32 Å². The molecule has 0 aliphatic heterocycles. The van der Waals surface area contributed by atoms with Crippen molar-refractivity contribution in [1.29, 1.82) is 0 Å². The van der Waals surface area contributed by atoms with Crippen LogP contribution in [-0.2, 0) is 0 Å². The molecular weight excluding hydrogens is 254 g/mol. The van der Waals surface area contributed by atoms with Crippen LogP contribution in [-0.4, -0.2) is 33.6 Å². The molecule has 5 nitrogen and oxygen atoms in total. The summed E-state index contributed by atoms with van der Waals surface area (Å²) in [7, 11) is 0. The number of hydrogen-bond donors (Lipinski definition) is 2. The topological polar surface area (TPSA) is 75.1 Å². The number of carbonyl (C=O) groups is 1. The molecule has 1 fully saturated rings. The summed E-state index contributed by atoms with van der Waals surface area (Å²) < 4.78 is 0. The van der Waals surface area contributed by atoms with E-state index < -0.39 is 0 Å². The van der Waals surface area contributed by atoms with E-state index in [0.29, 0.717) is 11.6 Å². The van der Waals surface area contributed by atoms with E-state index >= 15 is 0 Å². The Morgan fingerprint density at radius 3 is 2.75 bits per heavy atom. The molecule has 0 spiro atoms. The van der Waals surface area contributed by atoms with E-state index in [4.69, 9.17) is 0 Å². The first-order chi connectivity index (χ1) is 9.39. The molecule has 1 aromatic rings. The van der Waals surface area contributed by atoms with E-state index in [9.17, 15) is 9.90 Å². The molecule has 0 bridgehead atoms. The maximum Gasteiger partial charge on any atom is 0.270 e. The van der Waals surface area contributed by atoms with Gasteiger partial charge in [0, 0.05) is 12.1 Å². The van der Waals surface area contributed by atoms with Gasteiger partial charge in [-0.15, -0.1) is 0 Å². The molecule has 20 heavy (non-hydrogen) atoms. The van der Waals surface area contributed by atoms with Gasteiger partial charge in [-0.05, 0) is 30.7 Å². The third-order valence-corrected chi connectivity index (χ3v) is 3.26. The first-order valence-electron chi connectivity index (χ1n) is 7.14. The monoisotopic (exact) mass is 277 g/mol. The Bertz CT molecular complexity index is 478. The Hall–Kier alpha value is -1.49. The second-order valence-corrected chi connectivity index (χ2v) is 6.69. The van der Waals surface area contributed by atoms with Crippen molar-refractivity contribution in [2.24, 2.45) is 5.41 Å². The number of aliphatic hydroxyl groups is 1. The number of nitrogens with one attached hydrogen (secondary N) is 1. The maximum atomic E-state index is 12.2. The lowest BCUT2D eigenvalue weighted by molar-refractivity contribution is 0.0892. The van der Waals surface area contributed by atoms with Crippen LogP contribution in [0, 0.1) is 5.41 Å². The fourth-order valence-corrected chi connectivity index (χ4v) is 2.20. The molecule has 1 aliphatic carbocycles. The van der Waals surface area contributed by atoms with E-state index in [-0.39, 0.29) is 24.0 Å². The van der Waals surface area contributed by atoms with Crippen LogP contribution in [0.25, 0.3) is 0 Å². The molecule has 2 rings (SSSR count). The third-order valence-electron chi connectivity index (χ3n) is 3.26. The van der Waals surface area contributed by atoms with Crippen LogP contribution in [0.3, 0.4) is 0 Å². The number of amides is 1. The van der Waals surface area contributed by atoms with Crippen molar-refractivity contribution in [2.75, 3.05) is 6.61 Å². The van der Waals surface area contributed by atoms with Gasteiger partial charge in [-0.3, -0.25) is 4.79 Å². The Balaban J connectivity index is 2.01. The molecule has 1 amide bonds. The molecule has 1 heterocycles. The van der Waals surface area contributed by atoms with E-state index in [1.165, 1.54) is 0 Å². The van der Waals surface area contributed by atoms with Crippen LogP contribution in [0.4, 0.5) is 0 Å². The zero-order valence-corrected chi connectivity index (χ0v) is 12.4. The molecular formula is C15H23N3O2. The van der Waals surface area contributed by atoms with E-state index in [1.807, 2.05) is 0 Å². The van der Waals surface area contributed by atoms with Crippen LogP contribution in [0.15, 0.2) is 12.3 Å². The van der Waals surface area contributed by atoms with Crippen molar-refractivity contribution in [2.45, 2.75) is 52.0 Å². The lowest BCUT2D eigenvalue weighted by Gasteiger charge is -2.25. The number of rotatable bonds is 5. The SMILES string of the molecule is CC(C)(C)CC(CO)NC(=O)c1ccnc(C2CC2)n1. The second-order valence-electron chi connectivity index (χ2n) is 6.69. The van der Waals surface area contributed by atoms with Gasteiger partial charge in [-0.25, -0.2) is 9.97 Å². The van der Waals surface area contributed by atoms with Crippen molar-refractivity contribution in [3.63, 3.8) is 0 Å². The molecule has 1 unspecified atom stereocenters. The van der Waals surface area contributed by atoms with E-state index in [1.54, 1.807) is 12.3 Å². The average Bonchev–Trinajstić information content (AvgIpc) is 3.20. The van der Waals surface area contributed by atoms with Crippen LogP contribution in [0.2, 0.25) is 0 Å². The first-order valence-corrected chi connectivity index (χ1v) is 7.14. The molecule has 0 radical (unpaired) electrons. The summed E-state index contributed by atoms with van der Waals surface area (Å²) in [4.78, 5) is 20.7. The summed E-state index contributed by atoms with van der Waals surface area (Å²) in [5.41, 5.74) is 0.431. The summed E-state index contributed by atoms with van der Waals surface area (Å²) >= 11 is 0. The summed E-state index contributed by atoms with van der Waals surface area (Å²) in [5, 5.41) is 12.2. The zero-order valence-electron chi connectivity index (χ0n) is 12.4. The normalized spacial score (nSPS) is 16.8. The van der Waals surface area contributed by atoms with Crippen molar-refractivity contribution in [3.05, 3.63) is 23.8 Å². The Labute approximate surface area is 119 Å². The molecule has 0 saturated heterocycles. The highest BCUT2D eigenvalue weighted by atomic mass is 16.3. The quantitative estimate of drug-likeness (QED) is 0.861. The Morgan fingerprint density at radius 2 is 2.20 bits per heavy atom. The smallest absolute Gasteiger partial charge is 0.270 e. The van der Waals surface area contributed by atoms with Gasteiger partial charge in [-0.1, -0.05) is 20.8 Å². The van der Waals surface area contributed by atoms with Gasteiger partial charge in [0.05, 0.1) is 12.6 Å². The number of aliphatic hydroxyl groups excluding tert-OH is 1. The predicted molar refractivity (Wildman–Crippen MR) is 76.4 cm³/mol. The molecule has 110 valence electrons. The molecule has 1 atom stereocenters. The van der Waals surface area contributed by atoms with Crippen LogP contribution >= 0.6 is 0 Å². The van der Waals surface area contributed by atoms with E-state index in [2.05, 4.69) is 36.1 Å². The summed E-state index contributed by atoms with van der Waals surface area (Å²) in [6.45, 7) is 6.18. The molecule has 2 N–H and O–H groups in total. The fraction of sp³-hybridized carbons (Fsp3) is 0.667. The Morgan fingerprint density at radius 1 is 1.50 bits per heavy atom. The lowest BCUT2D eigenvalue weighted by Crippen LogP contribution is -2.40. The van der Waals surface area contributed by atoms with Gasteiger partial charge in [0.15, 0.2) is 0 Å². The van der Waals surface area contributed by atoms with Gasteiger partial charge in [0.25, 0.3) is 5.91 Å². The van der Waals surface area contributed by atoms with Crippen molar-refractivity contribution < 1.29 is 9.90 Å². The largest absolute Gasteiger partial charge is 0.394 e. The summed E-state index contributed by atoms with van der Waals surface area (Å²) in [6.07, 6.45) is 4.56. The van der Waals surface area contributed by atoms with Crippen molar-refractivity contribution >= 4 is 5.91 Å². The summed E-state index contributed by atoms with van der Waals surface area (Å²) in [5.74, 6) is 0.942. The first kappa shape index (κ1) is 14.9. The van der Waals surface area contributed by atoms with Gasteiger partial charge in [0.1, 0.15) is 11.5 Å². The molecule has 1 aliphatic rings. The number of aromatic nitrogens is 2. The number of hydrogen-bond acceptors (Lipinski definition) is 4. The Kier molecular flexibility index (Phi) is 4.38. The lowest BCUT2D eigenvalue weighted by atomic mass is 9.88. The third kappa shape index (κ3) is 4.27. The highest BCUT2D eigenvalue weighted by Gasteiger charge is 2.27. The van der Waals surface area contributed by atoms with Gasteiger partial charge < -0.3 is 10.4 Å². The molecule has 1 saturated carbocycles. The highest BCUT2D eigenvalue weighted by molar-refractivity contribution is 5.92. The van der Waals surface area contributed by atoms with Crippen LogP contribution in [0.1, 0.15) is 62.3 Å². The molecule has 1 aromatic heterocycles. The summed E-state index contributed by atoms with van der Waals surface area (Å²) in [6, 6.07) is 1.37. The minimum absolute atomic E-state index is 0.0471. The minimum atomic E-state index is -0.248. The number of carbonyl (C=O) groups excluding carboxylic acids is 1. The van der Waals surface area contributed by atoms with Gasteiger partial charge in [0.2, 0.25) is 0 Å². The second kappa shape index (κ2) is 5.87. The predicted octanol–water partition coefficient (Wildman–Crippen LogP) is 1.88. The molecule has 5 heteroatoms. The van der Waals surface area contributed by atoms with Gasteiger partial charge >= 0.3 is 0 Å².